The summed E-state index contributed by atoms with van der Waals surface area (Å²) in [5, 5.41) is 5.14. The first-order chi connectivity index (χ1) is 15.3. The normalized spacial score (nSPS) is 10.8. The second-order valence-corrected chi connectivity index (χ2v) is 9.41. The van der Waals surface area contributed by atoms with Crippen molar-refractivity contribution in [3.05, 3.63) is 69.0 Å². The van der Waals surface area contributed by atoms with Gasteiger partial charge >= 0.3 is 5.97 Å². The van der Waals surface area contributed by atoms with E-state index in [1.165, 1.54) is 11.3 Å². The lowest BCUT2D eigenvalue weighted by molar-refractivity contribution is -0.118. The summed E-state index contributed by atoms with van der Waals surface area (Å²) >= 11 is 4.77. The second kappa shape index (κ2) is 10.8. The Hall–Kier alpha value is -2.64. The predicted molar refractivity (Wildman–Crippen MR) is 133 cm³/mol. The quantitative estimate of drug-likeness (QED) is 0.335. The lowest BCUT2D eigenvalue weighted by Gasteiger charge is -2.14. The van der Waals surface area contributed by atoms with Crippen LogP contribution in [0.2, 0.25) is 0 Å². The van der Waals surface area contributed by atoms with Gasteiger partial charge in [0.1, 0.15) is 16.3 Å². The molecule has 3 aromatic rings. The Balaban J connectivity index is 1.80. The number of carbonyl (C=O) groups is 2. The summed E-state index contributed by atoms with van der Waals surface area (Å²) in [5.74, 6) is 0.104. The Bertz CT molecular complexity index is 1110. The summed E-state index contributed by atoms with van der Waals surface area (Å²) in [7, 11) is 0. The first kappa shape index (κ1) is 24.0. The minimum Gasteiger partial charge on any atom is -0.483 e. The van der Waals surface area contributed by atoms with Crippen LogP contribution in [0.4, 0.5) is 5.00 Å². The third-order valence-corrected chi connectivity index (χ3v) is 6.23. The lowest BCUT2D eigenvalue weighted by Crippen LogP contribution is -2.21. The number of nitrogens with one attached hydrogen (secondary N) is 1. The molecule has 5 nitrogen and oxygen atoms in total. The Morgan fingerprint density at radius 3 is 2.50 bits per heavy atom. The van der Waals surface area contributed by atoms with E-state index in [1.54, 1.807) is 6.92 Å². The van der Waals surface area contributed by atoms with Gasteiger partial charge in [0.25, 0.3) is 5.91 Å². The van der Waals surface area contributed by atoms with Crippen molar-refractivity contribution in [2.75, 3.05) is 18.5 Å². The highest BCUT2D eigenvalue weighted by atomic mass is 79.9. The molecule has 0 spiro atoms. The van der Waals surface area contributed by atoms with Gasteiger partial charge < -0.3 is 14.8 Å². The molecule has 1 amide bonds. The Kier molecular flexibility index (Phi) is 8.10. The van der Waals surface area contributed by atoms with Crippen LogP contribution in [0.1, 0.15) is 48.2 Å². The first-order valence-corrected chi connectivity index (χ1v) is 12.0. The summed E-state index contributed by atoms with van der Waals surface area (Å²) in [5.41, 5.74) is 4.13. The van der Waals surface area contributed by atoms with Crippen molar-refractivity contribution >= 4 is 44.1 Å². The van der Waals surface area contributed by atoms with Crippen molar-refractivity contribution in [3.8, 4) is 16.9 Å². The molecule has 0 aliphatic carbocycles. The number of esters is 1. The minimum absolute atomic E-state index is 0.165. The number of thiophene rings is 1. The van der Waals surface area contributed by atoms with E-state index >= 15 is 0 Å². The molecule has 0 fully saturated rings. The molecule has 1 N–H and O–H groups in total. The van der Waals surface area contributed by atoms with Gasteiger partial charge in [-0.15, -0.1) is 11.3 Å². The van der Waals surface area contributed by atoms with Crippen molar-refractivity contribution in [1.29, 1.82) is 0 Å². The van der Waals surface area contributed by atoms with E-state index in [1.807, 2.05) is 54.8 Å². The predicted octanol–water partition coefficient (Wildman–Crippen LogP) is 6.80. The SMILES string of the molecule is CCOC(=O)c1c(-c2ccc(C)cc2)csc1NC(=O)COc1ccc(Br)cc1C(C)C. The van der Waals surface area contributed by atoms with Gasteiger partial charge in [0, 0.05) is 15.4 Å². The van der Waals surface area contributed by atoms with E-state index in [0.717, 1.165) is 26.7 Å². The summed E-state index contributed by atoms with van der Waals surface area (Å²) in [6.45, 7) is 7.98. The average molecular weight is 516 g/mol. The van der Waals surface area contributed by atoms with Gasteiger partial charge in [0.2, 0.25) is 0 Å². The molecule has 0 radical (unpaired) electrons. The Morgan fingerprint density at radius 1 is 1.12 bits per heavy atom. The number of benzene rings is 2. The number of amides is 1. The summed E-state index contributed by atoms with van der Waals surface area (Å²) < 4.78 is 12.0. The molecule has 0 aliphatic heterocycles. The third-order valence-electron chi connectivity index (χ3n) is 4.84. The molecule has 0 saturated heterocycles. The van der Waals surface area contributed by atoms with Crippen LogP contribution in [-0.4, -0.2) is 25.1 Å². The zero-order chi connectivity index (χ0) is 23.3. The molecule has 7 heteroatoms. The number of ether oxygens (including phenoxy) is 2. The lowest BCUT2D eigenvalue weighted by atomic mass is 10.0. The van der Waals surface area contributed by atoms with E-state index in [-0.39, 0.29) is 25.0 Å². The highest BCUT2D eigenvalue weighted by Crippen LogP contribution is 2.36. The van der Waals surface area contributed by atoms with Gasteiger partial charge in [0.05, 0.1) is 6.61 Å². The monoisotopic (exact) mass is 515 g/mol. The van der Waals surface area contributed by atoms with Crippen LogP contribution in [0.3, 0.4) is 0 Å². The number of aryl methyl sites for hydroxylation is 1. The van der Waals surface area contributed by atoms with E-state index in [4.69, 9.17) is 9.47 Å². The van der Waals surface area contributed by atoms with Gasteiger partial charge in [-0.1, -0.05) is 59.6 Å². The molecule has 1 heterocycles. The van der Waals surface area contributed by atoms with E-state index < -0.39 is 5.97 Å². The van der Waals surface area contributed by atoms with Crippen LogP contribution in [0.5, 0.6) is 5.75 Å². The van der Waals surface area contributed by atoms with Gasteiger partial charge in [0.15, 0.2) is 6.61 Å². The molecule has 0 aliphatic rings. The highest BCUT2D eigenvalue weighted by molar-refractivity contribution is 9.10. The molecule has 0 saturated carbocycles. The second-order valence-electron chi connectivity index (χ2n) is 7.61. The van der Waals surface area contributed by atoms with Crippen LogP contribution in [0.25, 0.3) is 11.1 Å². The maximum absolute atomic E-state index is 12.7. The zero-order valence-corrected chi connectivity index (χ0v) is 20.9. The molecule has 2 aromatic carbocycles. The van der Waals surface area contributed by atoms with Crippen LogP contribution in [0, 0.1) is 6.92 Å². The van der Waals surface area contributed by atoms with Gasteiger partial charge in [-0.2, -0.15) is 0 Å². The highest BCUT2D eigenvalue weighted by Gasteiger charge is 2.23. The third kappa shape index (κ3) is 5.78. The number of hydrogen-bond acceptors (Lipinski definition) is 5. The van der Waals surface area contributed by atoms with Gasteiger partial charge in [-0.25, -0.2) is 4.79 Å². The number of halogens is 1. The van der Waals surface area contributed by atoms with Gasteiger partial charge in [-0.3, -0.25) is 4.79 Å². The van der Waals surface area contributed by atoms with Crippen LogP contribution >= 0.6 is 27.3 Å². The molecule has 168 valence electrons. The van der Waals surface area contributed by atoms with Crippen molar-refractivity contribution in [1.82, 2.24) is 0 Å². The molecular weight excluding hydrogens is 490 g/mol. The van der Waals surface area contributed by atoms with Crippen LogP contribution in [0.15, 0.2) is 52.3 Å². The standard InChI is InChI=1S/C25H26BrNO4S/c1-5-30-25(29)23-20(17-8-6-16(4)7-9-17)14-32-24(23)27-22(28)13-31-21-11-10-18(26)12-19(21)15(2)3/h6-12,14-15H,5,13H2,1-4H3,(H,27,28). The summed E-state index contributed by atoms with van der Waals surface area (Å²) in [6, 6.07) is 13.6. The maximum atomic E-state index is 12.7. The summed E-state index contributed by atoms with van der Waals surface area (Å²) in [4.78, 5) is 25.4. The maximum Gasteiger partial charge on any atom is 0.341 e. The first-order valence-electron chi connectivity index (χ1n) is 10.4. The molecular formula is C25H26BrNO4S. The van der Waals surface area contributed by atoms with Gasteiger partial charge in [-0.05, 0) is 49.1 Å². The fraction of sp³-hybridized carbons (Fsp3) is 0.280. The number of rotatable bonds is 8. The fourth-order valence-corrected chi connectivity index (χ4v) is 4.56. The van der Waals surface area contributed by atoms with Crippen molar-refractivity contribution in [2.24, 2.45) is 0 Å². The van der Waals surface area contributed by atoms with Crippen LogP contribution < -0.4 is 10.1 Å². The Labute approximate surface area is 200 Å². The molecule has 0 atom stereocenters. The van der Waals surface area contributed by atoms with Crippen molar-refractivity contribution < 1.29 is 19.1 Å². The smallest absolute Gasteiger partial charge is 0.341 e. The number of hydrogen-bond donors (Lipinski definition) is 1. The topological polar surface area (TPSA) is 64.6 Å². The van der Waals surface area contributed by atoms with Crippen molar-refractivity contribution in [2.45, 2.75) is 33.6 Å². The molecule has 1 aromatic heterocycles. The molecule has 32 heavy (non-hydrogen) atoms. The van der Waals surface area contributed by atoms with Crippen molar-refractivity contribution in [3.63, 3.8) is 0 Å². The van der Waals surface area contributed by atoms with Crippen LogP contribution in [-0.2, 0) is 9.53 Å². The number of carbonyl (C=O) groups excluding carboxylic acids is 2. The zero-order valence-electron chi connectivity index (χ0n) is 18.5. The van der Waals surface area contributed by atoms with E-state index in [0.29, 0.717) is 16.3 Å². The average Bonchev–Trinajstić information content (AvgIpc) is 3.17. The van der Waals surface area contributed by atoms with E-state index in [9.17, 15) is 9.59 Å². The fourth-order valence-electron chi connectivity index (χ4n) is 3.21. The molecule has 0 unspecified atom stereocenters. The Morgan fingerprint density at radius 2 is 1.84 bits per heavy atom. The van der Waals surface area contributed by atoms with E-state index in [2.05, 4.69) is 35.1 Å². The summed E-state index contributed by atoms with van der Waals surface area (Å²) in [6.07, 6.45) is 0. The minimum atomic E-state index is -0.462. The molecule has 0 bridgehead atoms. The number of anilines is 1. The largest absolute Gasteiger partial charge is 0.483 e. The molecule has 3 rings (SSSR count).